The summed E-state index contributed by atoms with van der Waals surface area (Å²) in [6, 6.07) is 15.1. The van der Waals surface area contributed by atoms with Crippen LogP contribution in [0.5, 0.6) is 0 Å². The normalized spacial score (nSPS) is 19.7. The van der Waals surface area contributed by atoms with E-state index in [9.17, 15) is 24.6 Å². The summed E-state index contributed by atoms with van der Waals surface area (Å²) < 4.78 is 5.55. The van der Waals surface area contributed by atoms with Gasteiger partial charge in [0.25, 0.3) is 0 Å². The number of nitrogens with one attached hydrogen (secondary N) is 1. The fourth-order valence-corrected chi connectivity index (χ4v) is 4.70. The number of rotatable bonds is 8. The number of β-amino-alcohol motifs (C(OH)–C–C–N with tert-alkyl or cyclic N) is 1. The number of carbonyl (C=O) groups is 3. The number of hydrogen-bond acceptors (Lipinski definition) is 5. The van der Waals surface area contributed by atoms with Crippen LogP contribution in [0.3, 0.4) is 0 Å². The Balaban J connectivity index is 1.42. The molecule has 2 atom stereocenters. The van der Waals surface area contributed by atoms with Gasteiger partial charge in [-0.1, -0.05) is 54.6 Å². The molecule has 1 aliphatic carbocycles. The number of likely N-dealkylation sites (tertiary alicyclic amines) is 1. The van der Waals surface area contributed by atoms with Crippen molar-refractivity contribution in [3.8, 4) is 11.1 Å². The number of carboxylic acid groups (broad SMARTS) is 1. The van der Waals surface area contributed by atoms with Crippen LogP contribution in [0.2, 0.25) is 0 Å². The van der Waals surface area contributed by atoms with Gasteiger partial charge in [-0.15, -0.1) is 6.58 Å². The molecular formula is C26H28N2O6. The van der Waals surface area contributed by atoms with Crippen LogP contribution in [0, 0.1) is 0 Å². The Bertz CT molecular complexity index is 1070. The Morgan fingerprint density at radius 1 is 1.15 bits per heavy atom. The summed E-state index contributed by atoms with van der Waals surface area (Å²) in [5.74, 6) is -1.92. The predicted octanol–water partition coefficient (Wildman–Crippen LogP) is 2.91. The summed E-state index contributed by atoms with van der Waals surface area (Å²) in [4.78, 5) is 38.3. The van der Waals surface area contributed by atoms with Crippen molar-refractivity contribution in [1.82, 2.24) is 10.2 Å². The van der Waals surface area contributed by atoms with Crippen LogP contribution in [-0.2, 0) is 14.3 Å². The highest BCUT2D eigenvalue weighted by atomic mass is 16.5. The zero-order chi connectivity index (χ0) is 24.3. The molecule has 8 heteroatoms. The summed E-state index contributed by atoms with van der Waals surface area (Å²) in [6.07, 6.45) is 1.60. The molecule has 2 aromatic carbocycles. The van der Waals surface area contributed by atoms with Gasteiger partial charge in [-0.05, 0) is 35.1 Å². The SMILES string of the molecule is C=CCCC(NC(=O)OCC1c2ccccc2-c2ccccc21)C(=O)N1CCC(O)(C(=O)O)C1. The molecule has 1 aliphatic heterocycles. The maximum atomic E-state index is 13.0. The quantitative estimate of drug-likeness (QED) is 0.518. The second kappa shape index (κ2) is 9.69. The average Bonchev–Trinajstić information content (AvgIpc) is 3.39. The Labute approximate surface area is 197 Å². The fraction of sp³-hybridized carbons (Fsp3) is 0.346. The number of fused-ring (bicyclic) bond motifs is 3. The first-order chi connectivity index (χ1) is 16.3. The van der Waals surface area contributed by atoms with Crippen LogP contribution in [0.1, 0.15) is 36.3 Å². The van der Waals surface area contributed by atoms with Crippen LogP contribution in [-0.4, -0.2) is 64.4 Å². The van der Waals surface area contributed by atoms with Crippen molar-refractivity contribution in [2.24, 2.45) is 0 Å². The van der Waals surface area contributed by atoms with Crippen LogP contribution >= 0.6 is 0 Å². The number of hydrogen-bond donors (Lipinski definition) is 3. The molecule has 0 bridgehead atoms. The number of alkyl carbamates (subject to hydrolysis) is 1. The molecule has 2 aliphatic rings. The molecule has 178 valence electrons. The van der Waals surface area contributed by atoms with E-state index in [1.54, 1.807) is 6.08 Å². The molecule has 1 fully saturated rings. The number of benzene rings is 2. The zero-order valence-electron chi connectivity index (χ0n) is 18.8. The van der Waals surface area contributed by atoms with Gasteiger partial charge in [0.15, 0.2) is 5.60 Å². The van der Waals surface area contributed by atoms with Crippen molar-refractivity contribution in [1.29, 1.82) is 0 Å². The standard InChI is InChI=1S/C26H28N2O6/c1-2-3-12-22(23(29)28-14-13-26(33,16-28)24(30)31)27-25(32)34-15-21-19-10-6-4-8-17(19)18-9-5-7-11-20(18)21/h2,4-11,21-22,33H,1,3,12-16H2,(H,27,32)(H,30,31). The van der Waals surface area contributed by atoms with Gasteiger partial charge in [-0.3, -0.25) is 4.79 Å². The lowest BCUT2D eigenvalue weighted by atomic mass is 9.98. The minimum absolute atomic E-state index is 0.0623. The molecule has 0 spiro atoms. The summed E-state index contributed by atoms with van der Waals surface area (Å²) in [6.45, 7) is 3.55. The van der Waals surface area contributed by atoms with Gasteiger partial charge in [0.05, 0.1) is 6.54 Å². The summed E-state index contributed by atoms with van der Waals surface area (Å²) in [7, 11) is 0. The number of nitrogens with zero attached hydrogens (tertiary/aromatic N) is 1. The van der Waals surface area contributed by atoms with E-state index in [1.165, 1.54) is 4.90 Å². The molecule has 34 heavy (non-hydrogen) atoms. The van der Waals surface area contributed by atoms with Crippen LogP contribution in [0.4, 0.5) is 4.79 Å². The van der Waals surface area contributed by atoms with Gasteiger partial charge in [0.1, 0.15) is 12.6 Å². The molecule has 2 unspecified atom stereocenters. The lowest BCUT2D eigenvalue weighted by Gasteiger charge is -2.25. The van der Waals surface area contributed by atoms with Crippen molar-refractivity contribution in [3.63, 3.8) is 0 Å². The number of carbonyl (C=O) groups excluding carboxylic acids is 2. The highest BCUT2D eigenvalue weighted by molar-refractivity contribution is 5.88. The predicted molar refractivity (Wildman–Crippen MR) is 125 cm³/mol. The zero-order valence-corrected chi connectivity index (χ0v) is 18.8. The topological polar surface area (TPSA) is 116 Å². The number of ether oxygens (including phenoxy) is 1. The third-order valence-electron chi connectivity index (χ3n) is 6.55. The van der Waals surface area contributed by atoms with Gasteiger partial charge < -0.3 is 25.2 Å². The molecular weight excluding hydrogens is 436 g/mol. The second-order valence-electron chi connectivity index (χ2n) is 8.74. The van der Waals surface area contributed by atoms with Crippen molar-refractivity contribution in [3.05, 3.63) is 72.3 Å². The van der Waals surface area contributed by atoms with Gasteiger partial charge in [-0.2, -0.15) is 0 Å². The van der Waals surface area contributed by atoms with E-state index in [1.807, 2.05) is 48.5 Å². The average molecular weight is 465 g/mol. The molecule has 2 aromatic rings. The van der Waals surface area contributed by atoms with E-state index >= 15 is 0 Å². The summed E-state index contributed by atoms with van der Waals surface area (Å²) in [5, 5.41) is 22.0. The van der Waals surface area contributed by atoms with Crippen molar-refractivity contribution >= 4 is 18.0 Å². The van der Waals surface area contributed by atoms with E-state index in [4.69, 9.17) is 4.74 Å². The smallest absolute Gasteiger partial charge is 0.407 e. The van der Waals surface area contributed by atoms with Gasteiger partial charge >= 0.3 is 12.1 Å². The first kappa shape index (κ1) is 23.5. The highest BCUT2D eigenvalue weighted by Gasteiger charge is 2.45. The third-order valence-corrected chi connectivity index (χ3v) is 6.55. The van der Waals surface area contributed by atoms with Crippen LogP contribution in [0.15, 0.2) is 61.2 Å². The minimum Gasteiger partial charge on any atom is -0.479 e. The van der Waals surface area contributed by atoms with Gasteiger partial charge in [-0.25, -0.2) is 9.59 Å². The lowest BCUT2D eigenvalue weighted by Crippen LogP contribution is -2.50. The van der Waals surface area contributed by atoms with Crippen LogP contribution in [0.25, 0.3) is 11.1 Å². The van der Waals surface area contributed by atoms with Gasteiger partial charge in [0.2, 0.25) is 5.91 Å². The monoisotopic (exact) mass is 464 g/mol. The molecule has 1 heterocycles. The van der Waals surface area contributed by atoms with Crippen molar-refractivity contribution in [2.75, 3.05) is 19.7 Å². The summed E-state index contributed by atoms with van der Waals surface area (Å²) in [5.41, 5.74) is 2.43. The minimum atomic E-state index is -1.97. The molecule has 0 saturated carbocycles. The number of aliphatic carboxylic acids is 1. The maximum Gasteiger partial charge on any atom is 0.407 e. The summed E-state index contributed by atoms with van der Waals surface area (Å²) >= 11 is 0. The number of amides is 2. The number of carboxylic acids is 1. The van der Waals surface area contributed by atoms with E-state index in [0.717, 1.165) is 22.3 Å². The molecule has 4 rings (SSSR count). The Hall–Kier alpha value is -3.65. The Morgan fingerprint density at radius 2 is 1.76 bits per heavy atom. The largest absolute Gasteiger partial charge is 0.479 e. The van der Waals surface area contributed by atoms with E-state index in [2.05, 4.69) is 11.9 Å². The highest BCUT2D eigenvalue weighted by Crippen LogP contribution is 2.44. The molecule has 0 aromatic heterocycles. The Morgan fingerprint density at radius 3 is 2.32 bits per heavy atom. The van der Waals surface area contributed by atoms with Crippen molar-refractivity contribution < 1.29 is 29.3 Å². The molecule has 2 amide bonds. The van der Waals surface area contributed by atoms with Crippen LogP contribution < -0.4 is 5.32 Å². The molecule has 1 saturated heterocycles. The lowest BCUT2D eigenvalue weighted by molar-refractivity contribution is -0.157. The molecule has 8 nitrogen and oxygen atoms in total. The van der Waals surface area contributed by atoms with E-state index in [0.29, 0.717) is 6.42 Å². The van der Waals surface area contributed by atoms with Crippen molar-refractivity contribution in [2.45, 2.75) is 36.8 Å². The van der Waals surface area contributed by atoms with Gasteiger partial charge in [0, 0.05) is 18.9 Å². The molecule has 0 radical (unpaired) electrons. The second-order valence-corrected chi connectivity index (χ2v) is 8.74. The number of aliphatic hydroxyl groups is 1. The maximum absolute atomic E-state index is 13.0. The first-order valence-corrected chi connectivity index (χ1v) is 11.3. The number of allylic oxidation sites excluding steroid dienone is 1. The fourth-order valence-electron chi connectivity index (χ4n) is 4.70. The Kier molecular flexibility index (Phi) is 6.70. The molecule has 3 N–H and O–H groups in total. The van der Waals surface area contributed by atoms with E-state index < -0.39 is 29.6 Å². The third kappa shape index (κ3) is 4.54. The first-order valence-electron chi connectivity index (χ1n) is 11.3. The van der Waals surface area contributed by atoms with E-state index in [-0.39, 0.29) is 38.5 Å².